The molecular formula is C29H26ClF3N6O3. The molecule has 0 bridgehead atoms. The molecule has 1 saturated carbocycles. The van der Waals surface area contributed by atoms with Crippen LogP contribution in [0.2, 0.25) is 5.02 Å². The molecule has 218 valence electrons. The fourth-order valence-electron chi connectivity index (χ4n) is 6.25. The monoisotopic (exact) mass is 598 g/mol. The molecule has 1 aliphatic carbocycles. The topological polar surface area (TPSA) is 108 Å². The van der Waals surface area contributed by atoms with Crippen molar-refractivity contribution in [1.29, 1.82) is 0 Å². The minimum atomic E-state index is -2.92. The number of pyridine rings is 1. The molecule has 3 aromatic rings. The lowest BCUT2D eigenvalue weighted by atomic mass is 9.74. The van der Waals surface area contributed by atoms with E-state index in [1.807, 2.05) is 0 Å². The summed E-state index contributed by atoms with van der Waals surface area (Å²) in [5.41, 5.74) is -0.360. The highest BCUT2D eigenvalue weighted by atomic mass is 35.5. The van der Waals surface area contributed by atoms with Crippen LogP contribution in [-0.4, -0.2) is 63.2 Å². The number of likely N-dealkylation sites (tertiary alicyclic amines) is 1. The summed E-state index contributed by atoms with van der Waals surface area (Å²) < 4.78 is 41.1. The van der Waals surface area contributed by atoms with Crippen LogP contribution in [0.5, 0.6) is 0 Å². The largest absolute Gasteiger partial charge is 0.349 e. The summed E-state index contributed by atoms with van der Waals surface area (Å²) in [4.78, 5) is 54.1. The summed E-state index contributed by atoms with van der Waals surface area (Å²) in [6, 6.07) is 6.78. The third kappa shape index (κ3) is 4.97. The number of nitrogens with zero attached hydrogens (tertiary/aromatic N) is 5. The second kappa shape index (κ2) is 11.0. The van der Waals surface area contributed by atoms with Gasteiger partial charge in [0.15, 0.2) is 0 Å². The van der Waals surface area contributed by atoms with Gasteiger partial charge in [0.05, 0.1) is 16.3 Å². The first kappa shape index (κ1) is 28.1. The zero-order valence-electron chi connectivity index (χ0n) is 22.3. The number of hydrogen-bond acceptors (Lipinski definition) is 6. The van der Waals surface area contributed by atoms with Gasteiger partial charge in [0.2, 0.25) is 5.91 Å². The normalized spacial score (nSPS) is 20.9. The first-order chi connectivity index (χ1) is 20.2. The van der Waals surface area contributed by atoms with Crippen LogP contribution in [0, 0.1) is 11.7 Å². The van der Waals surface area contributed by atoms with Gasteiger partial charge in [0.1, 0.15) is 28.9 Å². The number of aromatic nitrogens is 3. The molecule has 2 fully saturated rings. The van der Waals surface area contributed by atoms with Crippen molar-refractivity contribution in [2.24, 2.45) is 5.92 Å². The van der Waals surface area contributed by atoms with E-state index in [1.54, 1.807) is 15.9 Å². The maximum Gasteiger partial charge on any atom is 0.281 e. The Morgan fingerprint density at radius 1 is 1.10 bits per heavy atom. The van der Waals surface area contributed by atoms with Crippen molar-refractivity contribution in [3.63, 3.8) is 0 Å². The number of nitrogens with one attached hydrogen (secondary N) is 1. The molecule has 42 heavy (non-hydrogen) atoms. The molecule has 2 aliphatic heterocycles. The molecule has 3 amide bonds. The van der Waals surface area contributed by atoms with Crippen molar-refractivity contribution >= 4 is 35.0 Å². The Labute approximate surface area is 244 Å². The average molecular weight is 599 g/mol. The lowest BCUT2D eigenvalue weighted by Gasteiger charge is -2.46. The number of alkyl halides is 2. The fourth-order valence-corrected chi connectivity index (χ4v) is 6.40. The molecule has 9 nitrogen and oxygen atoms in total. The number of carbonyl (C=O) groups is 3. The maximum atomic E-state index is 14.3. The standard InChI is InChI=1S/C29H26ClF3N6O3/c30-17-9-20(24(25(32)33)35-11-17)26(40)37-19-4-1-16(2-5-19)12-39-23-10-18(31)3-6-21(23)29(28(39)42)13-38(14-29)27(41)22-7-8-34-15-36-22/h3,6-11,15-16,19,25H,1-2,4-5,12-14H2,(H,37,40)/t16-,19-. The Balaban J connectivity index is 1.11. The molecule has 1 aromatic carbocycles. The zero-order valence-corrected chi connectivity index (χ0v) is 23.0. The van der Waals surface area contributed by atoms with E-state index >= 15 is 0 Å². The second-order valence-electron chi connectivity index (χ2n) is 11.0. The van der Waals surface area contributed by atoms with Crippen molar-refractivity contribution < 1.29 is 27.6 Å². The highest BCUT2D eigenvalue weighted by Crippen LogP contribution is 2.48. The van der Waals surface area contributed by atoms with E-state index in [0.717, 1.165) is 6.20 Å². The highest BCUT2D eigenvalue weighted by molar-refractivity contribution is 6.30. The first-order valence-electron chi connectivity index (χ1n) is 13.6. The summed E-state index contributed by atoms with van der Waals surface area (Å²) in [6.45, 7) is 0.703. The quantitative estimate of drug-likeness (QED) is 0.453. The summed E-state index contributed by atoms with van der Waals surface area (Å²) in [7, 11) is 0. The SMILES string of the molecule is O=C(N[C@H]1CC[C@H](CN2C(=O)C3(CN(C(=O)c4ccncn4)C3)c3ccc(F)cc32)CC1)c1cc(Cl)cnc1C(F)F. The lowest BCUT2D eigenvalue weighted by Crippen LogP contribution is -2.65. The van der Waals surface area contributed by atoms with Gasteiger partial charge in [0.25, 0.3) is 18.2 Å². The predicted octanol–water partition coefficient (Wildman–Crippen LogP) is 4.33. The van der Waals surface area contributed by atoms with Crippen LogP contribution in [0.25, 0.3) is 0 Å². The summed E-state index contributed by atoms with van der Waals surface area (Å²) >= 11 is 5.88. The number of carbonyl (C=O) groups excluding carboxylic acids is 3. The molecule has 1 saturated heterocycles. The average Bonchev–Trinajstić information content (AvgIpc) is 3.20. The van der Waals surface area contributed by atoms with Gasteiger partial charge in [-0.25, -0.2) is 23.1 Å². The van der Waals surface area contributed by atoms with Crippen molar-refractivity contribution in [2.45, 2.75) is 43.6 Å². The summed E-state index contributed by atoms with van der Waals surface area (Å²) in [6.07, 6.45) is 3.43. The predicted molar refractivity (Wildman–Crippen MR) is 146 cm³/mol. The number of rotatable bonds is 6. The molecule has 1 spiro atoms. The van der Waals surface area contributed by atoms with E-state index in [2.05, 4.69) is 20.3 Å². The second-order valence-corrected chi connectivity index (χ2v) is 11.4. The minimum Gasteiger partial charge on any atom is -0.349 e. The first-order valence-corrected chi connectivity index (χ1v) is 14.0. The maximum absolute atomic E-state index is 14.3. The van der Waals surface area contributed by atoms with E-state index in [4.69, 9.17) is 11.6 Å². The molecule has 13 heteroatoms. The third-order valence-electron chi connectivity index (χ3n) is 8.39. The Bertz CT molecular complexity index is 1540. The number of halogens is 4. The van der Waals surface area contributed by atoms with Crippen LogP contribution >= 0.6 is 11.6 Å². The summed E-state index contributed by atoms with van der Waals surface area (Å²) in [5, 5.41) is 2.91. The molecular weight excluding hydrogens is 573 g/mol. The van der Waals surface area contributed by atoms with Crippen molar-refractivity contribution in [1.82, 2.24) is 25.2 Å². The molecule has 0 unspecified atom stereocenters. The molecule has 6 rings (SSSR count). The van der Waals surface area contributed by atoms with Crippen LogP contribution in [0.1, 0.15) is 64.2 Å². The van der Waals surface area contributed by atoms with E-state index in [9.17, 15) is 27.6 Å². The molecule has 4 heterocycles. The Hall–Kier alpha value is -4.06. The molecule has 0 radical (unpaired) electrons. The van der Waals surface area contributed by atoms with Crippen molar-refractivity contribution in [3.05, 3.63) is 82.4 Å². The zero-order chi connectivity index (χ0) is 29.6. The Morgan fingerprint density at radius 2 is 1.86 bits per heavy atom. The van der Waals surface area contributed by atoms with Gasteiger partial charge in [-0.1, -0.05) is 17.7 Å². The van der Waals surface area contributed by atoms with Gasteiger partial charge in [-0.05, 0) is 61.4 Å². The molecule has 2 aromatic heterocycles. The number of amides is 3. The number of hydrogen-bond donors (Lipinski definition) is 1. The van der Waals surface area contributed by atoms with Crippen LogP contribution in [0.15, 0.2) is 49.1 Å². The van der Waals surface area contributed by atoms with Crippen molar-refractivity contribution in [2.75, 3.05) is 24.5 Å². The van der Waals surface area contributed by atoms with E-state index in [-0.39, 0.29) is 53.1 Å². The Morgan fingerprint density at radius 3 is 2.55 bits per heavy atom. The molecule has 1 N–H and O–H groups in total. The number of fused-ring (bicyclic) bond motifs is 2. The van der Waals surface area contributed by atoms with Crippen LogP contribution in [0.3, 0.4) is 0 Å². The van der Waals surface area contributed by atoms with Crippen molar-refractivity contribution in [3.8, 4) is 0 Å². The lowest BCUT2D eigenvalue weighted by molar-refractivity contribution is -0.128. The van der Waals surface area contributed by atoms with Crippen LogP contribution in [0.4, 0.5) is 18.9 Å². The highest BCUT2D eigenvalue weighted by Gasteiger charge is 2.59. The molecule has 3 aliphatic rings. The number of benzene rings is 1. The third-order valence-corrected chi connectivity index (χ3v) is 8.60. The van der Waals surface area contributed by atoms with Gasteiger partial charge in [-0.15, -0.1) is 0 Å². The Kier molecular flexibility index (Phi) is 7.34. The van der Waals surface area contributed by atoms with Crippen LogP contribution in [-0.2, 0) is 10.2 Å². The van der Waals surface area contributed by atoms with E-state index in [1.165, 1.54) is 36.8 Å². The smallest absolute Gasteiger partial charge is 0.281 e. The van der Waals surface area contributed by atoms with Gasteiger partial charge >= 0.3 is 0 Å². The summed E-state index contributed by atoms with van der Waals surface area (Å²) in [5.74, 6) is -1.50. The van der Waals surface area contributed by atoms with Gasteiger partial charge in [0, 0.05) is 38.1 Å². The minimum absolute atomic E-state index is 0.0802. The van der Waals surface area contributed by atoms with E-state index in [0.29, 0.717) is 43.5 Å². The molecule has 0 atom stereocenters. The van der Waals surface area contributed by atoms with Gasteiger partial charge < -0.3 is 15.1 Å². The van der Waals surface area contributed by atoms with E-state index < -0.39 is 29.3 Å². The van der Waals surface area contributed by atoms with Crippen LogP contribution < -0.4 is 10.2 Å². The number of anilines is 1. The van der Waals surface area contributed by atoms with Gasteiger partial charge in [-0.3, -0.25) is 19.4 Å². The van der Waals surface area contributed by atoms with Gasteiger partial charge in [-0.2, -0.15) is 0 Å². The fraction of sp³-hybridized carbons (Fsp3) is 0.379.